The van der Waals surface area contributed by atoms with Crippen LogP contribution in [0.1, 0.15) is 41.0 Å². The number of halogens is 3. The van der Waals surface area contributed by atoms with Crippen molar-refractivity contribution in [2.45, 2.75) is 25.8 Å². The van der Waals surface area contributed by atoms with Gasteiger partial charge in [0.2, 0.25) is 0 Å². The highest BCUT2D eigenvalue weighted by Crippen LogP contribution is 2.27. The van der Waals surface area contributed by atoms with Crippen LogP contribution in [0.2, 0.25) is 0 Å². The first-order valence-electron chi connectivity index (χ1n) is 11.4. The Morgan fingerprint density at radius 3 is 2.67 bits per heavy atom. The highest BCUT2D eigenvalue weighted by molar-refractivity contribution is 5.96. The lowest BCUT2D eigenvalue weighted by molar-refractivity contribution is 0.0946. The molecule has 3 heterocycles. The van der Waals surface area contributed by atoms with Crippen LogP contribution in [0.3, 0.4) is 0 Å². The third kappa shape index (κ3) is 5.73. The molecule has 36 heavy (non-hydrogen) atoms. The van der Waals surface area contributed by atoms with E-state index in [2.05, 4.69) is 42.9 Å². The monoisotopic (exact) mass is 504 g/mol. The van der Waals surface area contributed by atoms with E-state index in [0.29, 0.717) is 18.3 Å². The number of carbonyl (C=O) groups excluding carboxylic acids is 1. The van der Waals surface area contributed by atoms with E-state index < -0.39 is 23.8 Å². The van der Waals surface area contributed by atoms with Gasteiger partial charge in [0.05, 0.1) is 19.0 Å². The minimum Gasteiger partial charge on any atom is -0.494 e. The number of aromatic nitrogens is 5. The fraction of sp³-hybridized carbons (Fsp3) is 0.435. The molecule has 13 heteroatoms. The Morgan fingerprint density at radius 1 is 1.22 bits per heavy atom. The molecule has 1 amide bonds. The Balaban J connectivity index is 1.50. The Morgan fingerprint density at radius 2 is 1.97 bits per heavy atom. The van der Waals surface area contributed by atoms with Crippen LogP contribution in [0, 0.1) is 11.7 Å². The van der Waals surface area contributed by atoms with Gasteiger partial charge in [-0.3, -0.25) is 4.79 Å². The van der Waals surface area contributed by atoms with Crippen molar-refractivity contribution in [2.75, 3.05) is 39.1 Å². The molecule has 0 saturated carbocycles. The summed E-state index contributed by atoms with van der Waals surface area (Å²) in [6, 6.07) is 2.79. The average molecular weight is 505 g/mol. The Kier molecular flexibility index (Phi) is 7.98. The molecule has 1 saturated heterocycles. The molecule has 0 unspecified atom stereocenters. The van der Waals surface area contributed by atoms with Crippen molar-refractivity contribution < 1.29 is 22.7 Å². The van der Waals surface area contributed by atoms with Gasteiger partial charge in [0.15, 0.2) is 23.1 Å². The predicted molar refractivity (Wildman–Crippen MR) is 125 cm³/mol. The summed E-state index contributed by atoms with van der Waals surface area (Å²) in [7, 11) is 3.39. The van der Waals surface area contributed by atoms with Gasteiger partial charge in [-0.05, 0) is 51.0 Å². The molecule has 1 aliphatic heterocycles. The molecule has 0 bridgehead atoms. The summed E-state index contributed by atoms with van der Waals surface area (Å²) in [5.74, 6) is -0.623. The first-order chi connectivity index (χ1) is 17.4. The molecule has 2 aromatic heterocycles. The lowest BCUT2D eigenvalue weighted by atomic mass is 9.97. The Hall–Kier alpha value is -3.74. The molecule has 0 radical (unpaired) electrons. The number of amides is 1. The molecule has 192 valence electrons. The van der Waals surface area contributed by atoms with Gasteiger partial charge < -0.3 is 20.3 Å². The summed E-state index contributed by atoms with van der Waals surface area (Å²) in [5.41, 5.74) is -0.372. The maximum Gasteiger partial charge on any atom is 0.283 e. The number of nitrogens with zero attached hydrogens (tertiary/aromatic N) is 6. The minimum atomic E-state index is -2.83. The molecule has 1 fully saturated rings. The molecule has 2 N–H and O–H groups in total. The number of hydrogen-bond donors (Lipinski definition) is 2. The normalized spacial score (nSPS) is 14.7. The Labute approximate surface area is 205 Å². The average Bonchev–Trinajstić information content (AvgIpc) is 3.38. The molecule has 1 aliphatic rings. The van der Waals surface area contributed by atoms with Gasteiger partial charge in [0.25, 0.3) is 12.3 Å². The lowest BCUT2D eigenvalue weighted by Gasteiger charge is -2.29. The fourth-order valence-electron chi connectivity index (χ4n) is 4.02. The van der Waals surface area contributed by atoms with Crippen LogP contribution in [-0.4, -0.2) is 69.6 Å². The summed E-state index contributed by atoms with van der Waals surface area (Å²) in [6.07, 6.45) is 3.14. The molecule has 0 aliphatic carbocycles. The van der Waals surface area contributed by atoms with E-state index in [1.807, 2.05) is 0 Å². The molecule has 4 rings (SSSR count). The quantitative estimate of drug-likeness (QED) is 0.458. The van der Waals surface area contributed by atoms with E-state index in [-0.39, 0.29) is 29.2 Å². The summed E-state index contributed by atoms with van der Waals surface area (Å²) in [4.78, 5) is 23.7. The smallest absolute Gasteiger partial charge is 0.283 e. The third-order valence-corrected chi connectivity index (χ3v) is 6.12. The van der Waals surface area contributed by atoms with Crippen molar-refractivity contribution in [1.29, 1.82) is 0 Å². The molecule has 3 aromatic rings. The number of nitrogens with one attached hydrogen (secondary N) is 2. The zero-order valence-electron chi connectivity index (χ0n) is 19.9. The van der Waals surface area contributed by atoms with Crippen molar-refractivity contribution in [3.8, 4) is 11.4 Å². The molecular formula is C23H27F3N8O2. The molecule has 0 spiro atoms. The van der Waals surface area contributed by atoms with Crippen molar-refractivity contribution in [3.63, 3.8) is 0 Å². The highest BCUT2D eigenvalue weighted by atomic mass is 19.3. The third-order valence-electron chi connectivity index (χ3n) is 6.12. The molecule has 1 aromatic carbocycles. The summed E-state index contributed by atoms with van der Waals surface area (Å²) >= 11 is 0. The molecule has 10 nitrogen and oxygen atoms in total. The van der Waals surface area contributed by atoms with Gasteiger partial charge in [-0.15, -0.1) is 5.10 Å². The first kappa shape index (κ1) is 25.4. The number of carbonyl (C=O) groups is 1. The maximum atomic E-state index is 15.1. The van der Waals surface area contributed by atoms with Crippen molar-refractivity contribution >= 4 is 11.7 Å². The largest absolute Gasteiger partial charge is 0.494 e. The number of methoxy groups -OCH3 is 1. The highest BCUT2D eigenvalue weighted by Gasteiger charge is 2.22. The van der Waals surface area contributed by atoms with Crippen LogP contribution in [-0.2, 0) is 6.54 Å². The summed E-state index contributed by atoms with van der Waals surface area (Å²) in [5, 5.41) is 12.9. The minimum absolute atomic E-state index is 0.0156. The maximum absolute atomic E-state index is 15.1. The zero-order valence-corrected chi connectivity index (χ0v) is 19.9. The van der Waals surface area contributed by atoms with Crippen LogP contribution >= 0.6 is 0 Å². The van der Waals surface area contributed by atoms with E-state index >= 15 is 4.39 Å². The van der Waals surface area contributed by atoms with E-state index in [9.17, 15) is 13.6 Å². The molecule has 0 atom stereocenters. The second-order valence-electron chi connectivity index (χ2n) is 8.53. The summed E-state index contributed by atoms with van der Waals surface area (Å²) < 4.78 is 47.2. The zero-order chi connectivity index (χ0) is 25.7. The second kappa shape index (κ2) is 11.3. The van der Waals surface area contributed by atoms with Crippen molar-refractivity contribution in [1.82, 2.24) is 35.2 Å². The van der Waals surface area contributed by atoms with E-state index in [4.69, 9.17) is 4.74 Å². The van der Waals surface area contributed by atoms with Gasteiger partial charge in [-0.2, -0.15) is 0 Å². The van der Waals surface area contributed by atoms with Crippen molar-refractivity contribution in [2.24, 2.45) is 5.92 Å². The molecular weight excluding hydrogens is 477 g/mol. The number of rotatable bonds is 9. The van der Waals surface area contributed by atoms with Gasteiger partial charge in [0, 0.05) is 31.0 Å². The van der Waals surface area contributed by atoms with Crippen LogP contribution in [0.4, 0.5) is 19.0 Å². The van der Waals surface area contributed by atoms with Crippen LogP contribution in [0.5, 0.6) is 5.75 Å². The van der Waals surface area contributed by atoms with Crippen molar-refractivity contribution in [3.05, 3.63) is 53.5 Å². The van der Waals surface area contributed by atoms with Gasteiger partial charge in [0.1, 0.15) is 5.69 Å². The number of benzene rings is 1. The first-order valence-corrected chi connectivity index (χ1v) is 11.4. The van der Waals surface area contributed by atoms with E-state index in [1.165, 1.54) is 31.6 Å². The number of hydrogen-bond acceptors (Lipinski definition) is 8. The number of ether oxygens (including phenoxy) is 1. The summed E-state index contributed by atoms with van der Waals surface area (Å²) in [6.45, 7) is 2.39. The van der Waals surface area contributed by atoms with Crippen LogP contribution < -0.4 is 15.4 Å². The van der Waals surface area contributed by atoms with Crippen LogP contribution in [0.15, 0.2) is 30.7 Å². The van der Waals surface area contributed by atoms with Gasteiger partial charge in [-0.25, -0.2) is 27.8 Å². The van der Waals surface area contributed by atoms with Gasteiger partial charge in [-0.1, -0.05) is 5.21 Å². The number of likely N-dealkylation sites (tertiary alicyclic amines) is 1. The number of anilines is 1. The SMILES string of the molecule is COc1ccc(-n2cc(C(F)F)nn2)c(CNC(=O)c2nccnc2NCC2CCN(C)CC2)c1F. The predicted octanol–water partition coefficient (Wildman–Crippen LogP) is 2.83. The topological polar surface area (TPSA) is 110 Å². The standard InChI is InChI=1S/C23H27F3N8O2/c1-33-9-5-14(6-10-33)11-29-22-20(27-7-8-28-22)23(35)30-12-15-17(3-4-18(36-2)19(15)24)34-13-16(21(25)26)31-32-34/h3-4,7-8,13-14,21H,5-6,9-12H2,1-2H3,(H,28,29)(H,30,35). The Bertz CT molecular complexity index is 1200. The van der Waals surface area contributed by atoms with E-state index in [0.717, 1.165) is 36.8 Å². The van der Waals surface area contributed by atoms with Crippen LogP contribution in [0.25, 0.3) is 5.69 Å². The number of piperidine rings is 1. The lowest BCUT2D eigenvalue weighted by Crippen LogP contribution is -2.33. The van der Waals surface area contributed by atoms with Gasteiger partial charge >= 0.3 is 0 Å². The second-order valence-corrected chi connectivity index (χ2v) is 8.53. The number of alkyl halides is 2. The fourth-order valence-corrected chi connectivity index (χ4v) is 4.02. The van der Waals surface area contributed by atoms with E-state index in [1.54, 1.807) is 0 Å².